The van der Waals surface area contributed by atoms with Crippen LogP contribution in [0.5, 0.6) is 0 Å². The fourth-order valence-electron chi connectivity index (χ4n) is 3.25. The zero-order chi connectivity index (χ0) is 16.1. The molecule has 2 aliphatic heterocycles. The smallest absolute Gasteiger partial charge is 0.223 e. The number of nitrogens with one attached hydrogen (secondary N) is 1. The van der Waals surface area contributed by atoms with Gasteiger partial charge in [-0.25, -0.2) is 9.97 Å². The summed E-state index contributed by atoms with van der Waals surface area (Å²) >= 11 is 0. The Morgan fingerprint density at radius 1 is 1.26 bits per heavy atom. The van der Waals surface area contributed by atoms with E-state index in [1.165, 1.54) is 19.3 Å². The quantitative estimate of drug-likeness (QED) is 0.917. The van der Waals surface area contributed by atoms with Crippen LogP contribution in [-0.2, 0) is 16.1 Å². The number of carbonyl (C=O) groups is 1. The number of aryl methyl sites for hydroxylation is 1. The number of hydrogen-bond acceptors (Lipinski definition) is 5. The summed E-state index contributed by atoms with van der Waals surface area (Å²) in [5.74, 6) is 1.85. The third-order valence-electron chi connectivity index (χ3n) is 4.58. The fourth-order valence-corrected chi connectivity index (χ4v) is 3.25. The first-order valence-corrected chi connectivity index (χ1v) is 8.67. The molecule has 3 heterocycles. The molecule has 6 heteroatoms. The van der Waals surface area contributed by atoms with Gasteiger partial charge in [-0.3, -0.25) is 4.79 Å². The van der Waals surface area contributed by atoms with Gasteiger partial charge in [-0.05, 0) is 39.0 Å². The van der Waals surface area contributed by atoms with E-state index in [9.17, 15) is 4.79 Å². The minimum Gasteiger partial charge on any atom is -0.381 e. The van der Waals surface area contributed by atoms with Crippen LogP contribution in [0.1, 0.15) is 43.6 Å². The van der Waals surface area contributed by atoms with Gasteiger partial charge in [0.2, 0.25) is 5.91 Å². The molecule has 0 bridgehead atoms. The van der Waals surface area contributed by atoms with Crippen LogP contribution in [0.15, 0.2) is 6.07 Å². The average Bonchev–Trinajstić information content (AvgIpc) is 2.61. The van der Waals surface area contributed by atoms with Crippen molar-refractivity contribution in [2.24, 2.45) is 5.92 Å². The molecule has 126 valence electrons. The van der Waals surface area contributed by atoms with E-state index >= 15 is 0 Å². The van der Waals surface area contributed by atoms with Gasteiger partial charge in [-0.2, -0.15) is 0 Å². The zero-order valence-corrected chi connectivity index (χ0v) is 13.9. The largest absolute Gasteiger partial charge is 0.381 e. The van der Waals surface area contributed by atoms with Crippen molar-refractivity contribution < 1.29 is 9.53 Å². The summed E-state index contributed by atoms with van der Waals surface area (Å²) in [6.07, 6.45) is 5.35. The summed E-state index contributed by atoms with van der Waals surface area (Å²) in [6.45, 7) is 5.86. The maximum atomic E-state index is 12.2. The number of ether oxygens (including phenoxy) is 1. The number of rotatable bonds is 4. The predicted molar refractivity (Wildman–Crippen MR) is 88.2 cm³/mol. The lowest BCUT2D eigenvalue weighted by molar-refractivity contribution is -0.128. The summed E-state index contributed by atoms with van der Waals surface area (Å²) in [5.41, 5.74) is 0.955. The van der Waals surface area contributed by atoms with E-state index in [1.807, 2.05) is 13.0 Å². The molecule has 1 aromatic heterocycles. The maximum absolute atomic E-state index is 12.2. The van der Waals surface area contributed by atoms with E-state index in [4.69, 9.17) is 4.74 Å². The molecule has 1 N–H and O–H groups in total. The Hall–Kier alpha value is -1.69. The first-order valence-electron chi connectivity index (χ1n) is 8.67. The molecular formula is C17H26N4O2. The highest BCUT2D eigenvalue weighted by Crippen LogP contribution is 2.19. The topological polar surface area (TPSA) is 67.4 Å². The molecule has 0 radical (unpaired) electrons. The van der Waals surface area contributed by atoms with Crippen LogP contribution in [-0.4, -0.2) is 42.2 Å². The molecule has 0 saturated carbocycles. The van der Waals surface area contributed by atoms with Crippen LogP contribution in [0, 0.1) is 12.8 Å². The molecule has 6 nitrogen and oxygen atoms in total. The van der Waals surface area contributed by atoms with Crippen LogP contribution in [0.3, 0.4) is 0 Å². The Labute approximate surface area is 137 Å². The highest BCUT2D eigenvalue weighted by molar-refractivity contribution is 5.78. The highest BCUT2D eigenvalue weighted by Gasteiger charge is 2.21. The summed E-state index contributed by atoms with van der Waals surface area (Å²) in [4.78, 5) is 23.7. The summed E-state index contributed by atoms with van der Waals surface area (Å²) in [6, 6.07) is 2.04. The maximum Gasteiger partial charge on any atom is 0.223 e. The molecule has 0 aliphatic carbocycles. The molecule has 2 aliphatic rings. The van der Waals surface area contributed by atoms with Crippen molar-refractivity contribution in [3.05, 3.63) is 17.6 Å². The minimum absolute atomic E-state index is 0.0649. The van der Waals surface area contributed by atoms with Crippen molar-refractivity contribution >= 4 is 11.7 Å². The third-order valence-corrected chi connectivity index (χ3v) is 4.58. The van der Waals surface area contributed by atoms with E-state index in [2.05, 4.69) is 20.2 Å². The van der Waals surface area contributed by atoms with E-state index in [0.29, 0.717) is 25.6 Å². The van der Waals surface area contributed by atoms with Gasteiger partial charge in [-0.1, -0.05) is 0 Å². The Balaban J connectivity index is 1.60. The van der Waals surface area contributed by atoms with Gasteiger partial charge in [0.1, 0.15) is 11.6 Å². The second-order valence-corrected chi connectivity index (χ2v) is 6.44. The van der Waals surface area contributed by atoms with E-state index in [-0.39, 0.29) is 11.8 Å². The summed E-state index contributed by atoms with van der Waals surface area (Å²) < 4.78 is 5.30. The molecule has 3 rings (SSSR count). The van der Waals surface area contributed by atoms with Crippen molar-refractivity contribution in [2.75, 3.05) is 31.2 Å². The Morgan fingerprint density at radius 3 is 2.74 bits per heavy atom. The van der Waals surface area contributed by atoms with Crippen molar-refractivity contribution in [1.82, 2.24) is 15.3 Å². The molecule has 1 amide bonds. The van der Waals surface area contributed by atoms with Crippen molar-refractivity contribution in [1.29, 1.82) is 0 Å². The Kier molecular flexibility index (Phi) is 5.43. The lowest BCUT2D eigenvalue weighted by Gasteiger charge is -2.28. The van der Waals surface area contributed by atoms with Gasteiger partial charge in [-0.15, -0.1) is 0 Å². The van der Waals surface area contributed by atoms with Gasteiger partial charge >= 0.3 is 0 Å². The average molecular weight is 318 g/mol. The van der Waals surface area contributed by atoms with Gasteiger partial charge in [0.15, 0.2) is 0 Å². The second-order valence-electron chi connectivity index (χ2n) is 6.44. The van der Waals surface area contributed by atoms with Crippen LogP contribution < -0.4 is 10.2 Å². The second kappa shape index (κ2) is 7.73. The first-order chi connectivity index (χ1) is 11.2. The van der Waals surface area contributed by atoms with E-state index < -0.39 is 0 Å². The van der Waals surface area contributed by atoms with Gasteiger partial charge in [0.05, 0.1) is 6.54 Å². The number of hydrogen-bond donors (Lipinski definition) is 1. The number of anilines is 1. The lowest BCUT2D eigenvalue weighted by Crippen LogP contribution is -2.34. The molecule has 0 atom stereocenters. The molecule has 0 unspecified atom stereocenters. The van der Waals surface area contributed by atoms with Crippen LogP contribution in [0.2, 0.25) is 0 Å². The predicted octanol–water partition coefficient (Wildman–Crippen LogP) is 1.82. The zero-order valence-electron chi connectivity index (χ0n) is 13.9. The number of amides is 1. The van der Waals surface area contributed by atoms with Crippen LogP contribution in [0.4, 0.5) is 5.82 Å². The molecular weight excluding hydrogens is 292 g/mol. The minimum atomic E-state index is 0.0649. The first kappa shape index (κ1) is 16.2. The van der Waals surface area contributed by atoms with Crippen LogP contribution >= 0.6 is 0 Å². The molecule has 0 aromatic carbocycles. The molecule has 23 heavy (non-hydrogen) atoms. The van der Waals surface area contributed by atoms with E-state index in [1.54, 1.807) is 0 Å². The molecule has 0 spiro atoms. The Bertz CT molecular complexity index is 537. The SMILES string of the molecule is Cc1cc(N2CCCCC2)nc(CNC(=O)C2CCOCC2)n1. The molecule has 2 saturated heterocycles. The number of piperidine rings is 1. The summed E-state index contributed by atoms with van der Waals surface area (Å²) in [5, 5.41) is 2.99. The van der Waals surface area contributed by atoms with Gasteiger partial charge < -0.3 is 15.0 Å². The summed E-state index contributed by atoms with van der Waals surface area (Å²) in [7, 11) is 0. The highest BCUT2D eigenvalue weighted by atomic mass is 16.5. The van der Waals surface area contributed by atoms with E-state index in [0.717, 1.165) is 37.4 Å². The molecule has 2 fully saturated rings. The standard InChI is InChI=1S/C17H26N4O2/c1-13-11-16(21-7-3-2-4-8-21)20-15(19-13)12-18-17(22)14-5-9-23-10-6-14/h11,14H,2-10,12H2,1H3,(H,18,22). The van der Waals surface area contributed by atoms with Crippen LogP contribution in [0.25, 0.3) is 0 Å². The van der Waals surface area contributed by atoms with Crippen molar-refractivity contribution in [3.8, 4) is 0 Å². The van der Waals surface area contributed by atoms with Crippen molar-refractivity contribution in [2.45, 2.75) is 45.6 Å². The fraction of sp³-hybridized carbons (Fsp3) is 0.706. The number of aromatic nitrogens is 2. The lowest BCUT2D eigenvalue weighted by atomic mass is 9.99. The van der Waals surface area contributed by atoms with Gasteiger partial charge in [0.25, 0.3) is 0 Å². The van der Waals surface area contributed by atoms with Crippen molar-refractivity contribution in [3.63, 3.8) is 0 Å². The number of carbonyl (C=O) groups excluding carboxylic acids is 1. The van der Waals surface area contributed by atoms with Gasteiger partial charge in [0, 0.05) is 44.0 Å². The normalized spacial score (nSPS) is 19.6. The number of nitrogens with zero attached hydrogens (tertiary/aromatic N) is 3. The molecule has 1 aromatic rings. The Morgan fingerprint density at radius 2 is 2.00 bits per heavy atom. The third kappa shape index (κ3) is 4.41. The monoisotopic (exact) mass is 318 g/mol.